The second-order valence-electron chi connectivity index (χ2n) is 6.86. The number of hydrogen-bond donors (Lipinski definition) is 0. The number of nitrogens with zero attached hydrogens (tertiary/aromatic N) is 2. The molecule has 1 fully saturated rings. The number of aryl methyl sites for hydroxylation is 3. The van der Waals surface area contributed by atoms with E-state index in [0.29, 0.717) is 24.3 Å². The van der Waals surface area contributed by atoms with Gasteiger partial charge in [0.05, 0.1) is 12.7 Å². The third-order valence-corrected chi connectivity index (χ3v) is 4.75. The molecule has 1 aromatic carbocycles. The van der Waals surface area contributed by atoms with Gasteiger partial charge in [0.15, 0.2) is 5.69 Å². The molecule has 0 aliphatic carbocycles. The van der Waals surface area contributed by atoms with Crippen LogP contribution in [0.1, 0.15) is 45.8 Å². The van der Waals surface area contributed by atoms with Crippen molar-refractivity contribution in [3.8, 4) is 5.75 Å². The predicted octanol–water partition coefficient (Wildman–Crippen LogP) is 2.96. The van der Waals surface area contributed by atoms with Gasteiger partial charge in [-0.25, -0.2) is 4.79 Å². The van der Waals surface area contributed by atoms with Gasteiger partial charge in [-0.1, -0.05) is 11.2 Å². The van der Waals surface area contributed by atoms with Crippen LogP contribution in [-0.4, -0.2) is 41.6 Å². The molecule has 1 saturated heterocycles. The maximum atomic E-state index is 13.0. The number of benzene rings is 1. The highest BCUT2D eigenvalue weighted by Gasteiger charge is 2.37. The highest BCUT2D eigenvalue weighted by molar-refractivity contribution is 5.96. The van der Waals surface area contributed by atoms with E-state index >= 15 is 0 Å². The molecule has 0 radical (unpaired) electrons. The Balaban J connectivity index is 1.79. The number of carbonyl (C=O) groups is 2. The Morgan fingerprint density at radius 2 is 1.93 bits per heavy atom. The summed E-state index contributed by atoms with van der Waals surface area (Å²) in [5.41, 5.74) is 2.98. The van der Waals surface area contributed by atoms with Crippen LogP contribution in [0.5, 0.6) is 5.75 Å². The first kappa shape index (κ1) is 18.9. The standard InChI is InChI=1S/C20H24N2O5/c1-12-8-13(2)10-15(9-12)26-11-16-14(3)27-21-18(16)19(23)22-7-5-6-17(22)20(24)25-4/h8-10,17H,5-7,11H2,1-4H3. The molecule has 2 aromatic rings. The summed E-state index contributed by atoms with van der Waals surface area (Å²) in [4.78, 5) is 26.4. The fourth-order valence-corrected chi connectivity index (χ4v) is 3.43. The maximum Gasteiger partial charge on any atom is 0.328 e. The number of hydrogen-bond acceptors (Lipinski definition) is 6. The molecular formula is C20H24N2O5. The Morgan fingerprint density at radius 1 is 1.22 bits per heavy atom. The first-order valence-electron chi connectivity index (χ1n) is 8.95. The largest absolute Gasteiger partial charge is 0.489 e. The fraction of sp³-hybridized carbons (Fsp3) is 0.450. The zero-order valence-electron chi connectivity index (χ0n) is 16.1. The average Bonchev–Trinajstić information content (AvgIpc) is 3.25. The van der Waals surface area contributed by atoms with E-state index < -0.39 is 12.0 Å². The first-order valence-corrected chi connectivity index (χ1v) is 8.95. The quantitative estimate of drug-likeness (QED) is 0.751. The van der Waals surface area contributed by atoms with Gasteiger partial charge in [0.25, 0.3) is 5.91 Å². The lowest BCUT2D eigenvalue weighted by Crippen LogP contribution is -2.41. The summed E-state index contributed by atoms with van der Waals surface area (Å²) in [6, 6.07) is 5.36. The van der Waals surface area contributed by atoms with Crippen LogP contribution in [0, 0.1) is 20.8 Å². The Bertz CT molecular complexity index is 838. The van der Waals surface area contributed by atoms with E-state index in [2.05, 4.69) is 11.2 Å². The monoisotopic (exact) mass is 372 g/mol. The molecule has 0 spiro atoms. The average molecular weight is 372 g/mol. The molecule has 0 saturated carbocycles. The van der Waals surface area contributed by atoms with E-state index in [1.807, 2.05) is 26.0 Å². The lowest BCUT2D eigenvalue weighted by Gasteiger charge is -2.22. The van der Waals surface area contributed by atoms with E-state index in [9.17, 15) is 9.59 Å². The van der Waals surface area contributed by atoms with Crippen LogP contribution >= 0.6 is 0 Å². The van der Waals surface area contributed by atoms with Gasteiger partial charge < -0.3 is 18.9 Å². The van der Waals surface area contributed by atoms with Crippen molar-refractivity contribution >= 4 is 11.9 Å². The number of rotatable bonds is 5. The van der Waals surface area contributed by atoms with Crippen molar-refractivity contribution < 1.29 is 23.6 Å². The number of ether oxygens (including phenoxy) is 2. The molecule has 1 aliphatic heterocycles. The van der Waals surface area contributed by atoms with Crippen molar-refractivity contribution in [2.45, 2.75) is 46.3 Å². The van der Waals surface area contributed by atoms with E-state index in [-0.39, 0.29) is 18.2 Å². The highest BCUT2D eigenvalue weighted by atomic mass is 16.5. The Hall–Kier alpha value is -2.83. The first-order chi connectivity index (χ1) is 12.9. The molecule has 1 aliphatic rings. The van der Waals surface area contributed by atoms with Crippen LogP contribution in [0.3, 0.4) is 0 Å². The third-order valence-electron chi connectivity index (χ3n) is 4.75. The zero-order chi connectivity index (χ0) is 19.6. The van der Waals surface area contributed by atoms with Crippen molar-refractivity contribution in [2.24, 2.45) is 0 Å². The second-order valence-corrected chi connectivity index (χ2v) is 6.86. The van der Waals surface area contributed by atoms with Crippen LogP contribution in [0.25, 0.3) is 0 Å². The fourth-order valence-electron chi connectivity index (χ4n) is 3.43. The van der Waals surface area contributed by atoms with Gasteiger partial charge in [-0.3, -0.25) is 4.79 Å². The summed E-state index contributed by atoms with van der Waals surface area (Å²) in [6.07, 6.45) is 1.33. The van der Waals surface area contributed by atoms with E-state index in [4.69, 9.17) is 14.0 Å². The number of amides is 1. The maximum absolute atomic E-state index is 13.0. The summed E-state index contributed by atoms with van der Waals surface area (Å²) in [7, 11) is 1.33. The lowest BCUT2D eigenvalue weighted by molar-refractivity contribution is -0.145. The SMILES string of the molecule is COC(=O)C1CCCN1C(=O)c1noc(C)c1COc1cc(C)cc(C)c1. The minimum atomic E-state index is -0.576. The lowest BCUT2D eigenvalue weighted by atomic mass is 10.1. The highest BCUT2D eigenvalue weighted by Crippen LogP contribution is 2.25. The van der Waals surface area contributed by atoms with E-state index in [0.717, 1.165) is 23.3 Å². The van der Waals surface area contributed by atoms with Crippen molar-refractivity contribution in [1.82, 2.24) is 10.1 Å². The Morgan fingerprint density at radius 3 is 2.59 bits per heavy atom. The minimum absolute atomic E-state index is 0.163. The number of carbonyl (C=O) groups excluding carboxylic acids is 2. The topological polar surface area (TPSA) is 81.9 Å². The van der Waals surface area contributed by atoms with Gasteiger partial charge in [0, 0.05) is 6.54 Å². The molecule has 1 atom stereocenters. The Kier molecular flexibility index (Phi) is 5.48. The van der Waals surface area contributed by atoms with Gasteiger partial charge in [-0.2, -0.15) is 0 Å². The molecule has 3 rings (SSSR count). The molecule has 2 heterocycles. The Labute approximate surface area is 158 Å². The van der Waals surface area contributed by atoms with Crippen molar-refractivity contribution in [2.75, 3.05) is 13.7 Å². The van der Waals surface area contributed by atoms with Gasteiger partial charge >= 0.3 is 5.97 Å². The number of aromatic nitrogens is 1. The smallest absolute Gasteiger partial charge is 0.328 e. The normalized spacial score (nSPS) is 16.4. The summed E-state index contributed by atoms with van der Waals surface area (Å²) < 4.78 is 15.9. The number of methoxy groups -OCH3 is 1. The van der Waals surface area contributed by atoms with Gasteiger partial charge in [0.2, 0.25) is 0 Å². The summed E-state index contributed by atoms with van der Waals surface area (Å²) in [5.74, 6) is 0.504. The minimum Gasteiger partial charge on any atom is -0.489 e. The van der Waals surface area contributed by atoms with Crippen LogP contribution in [0.15, 0.2) is 22.7 Å². The molecule has 1 aromatic heterocycles. The molecule has 1 unspecified atom stereocenters. The molecule has 0 bridgehead atoms. The third kappa shape index (κ3) is 3.97. The molecule has 0 N–H and O–H groups in total. The second kappa shape index (κ2) is 7.82. The molecule has 144 valence electrons. The van der Waals surface area contributed by atoms with E-state index in [1.54, 1.807) is 6.92 Å². The molecule has 7 nitrogen and oxygen atoms in total. The van der Waals surface area contributed by atoms with Gasteiger partial charge in [-0.05, 0) is 56.9 Å². The van der Waals surface area contributed by atoms with Gasteiger partial charge in [-0.15, -0.1) is 0 Å². The summed E-state index contributed by atoms with van der Waals surface area (Å²) >= 11 is 0. The predicted molar refractivity (Wildman–Crippen MR) is 97.6 cm³/mol. The van der Waals surface area contributed by atoms with Crippen LogP contribution in [-0.2, 0) is 16.1 Å². The summed E-state index contributed by atoms with van der Waals surface area (Å²) in [6.45, 7) is 6.39. The van der Waals surface area contributed by atoms with Crippen LogP contribution < -0.4 is 4.74 Å². The molecule has 1 amide bonds. The number of esters is 1. The zero-order valence-corrected chi connectivity index (χ0v) is 16.1. The number of likely N-dealkylation sites (tertiary alicyclic amines) is 1. The van der Waals surface area contributed by atoms with Crippen molar-refractivity contribution in [3.05, 3.63) is 46.3 Å². The van der Waals surface area contributed by atoms with E-state index in [1.165, 1.54) is 12.0 Å². The van der Waals surface area contributed by atoms with Gasteiger partial charge in [0.1, 0.15) is 24.2 Å². The molecule has 27 heavy (non-hydrogen) atoms. The summed E-state index contributed by atoms with van der Waals surface area (Å²) in [5, 5.41) is 3.93. The molecular weight excluding hydrogens is 348 g/mol. The van der Waals surface area contributed by atoms with Crippen LogP contribution in [0.4, 0.5) is 0 Å². The molecule has 7 heteroatoms. The van der Waals surface area contributed by atoms with Crippen molar-refractivity contribution in [1.29, 1.82) is 0 Å². The van der Waals surface area contributed by atoms with Crippen molar-refractivity contribution in [3.63, 3.8) is 0 Å². The van der Waals surface area contributed by atoms with Crippen LogP contribution in [0.2, 0.25) is 0 Å².